The number of H-pyrrole nitrogens is 1. The molecule has 0 saturated carbocycles. The van der Waals surface area contributed by atoms with E-state index in [1.54, 1.807) is 17.0 Å². The van der Waals surface area contributed by atoms with Crippen LogP contribution in [0.2, 0.25) is 0 Å². The first-order chi connectivity index (χ1) is 15.0. The third-order valence-corrected chi connectivity index (χ3v) is 5.62. The molecule has 1 aliphatic heterocycles. The van der Waals surface area contributed by atoms with Crippen molar-refractivity contribution in [3.05, 3.63) is 58.3 Å². The van der Waals surface area contributed by atoms with Crippen molar-refractivity contribution in [1.82, 2.24) is 25.7 Å². The Hall–Kier alpha value is -3.39. The number of aromatic hydroxyl groups is 1. The largest absolute Gasteiger partial charge is 0.507 e. The number of fused-ring (bicyclic) bond motifs is 2. The van der Waals surface area contributed by atoms with Crippen molar-refractivity contribution in [3.63, 3.8) is 0 Å². The van der Waals surface area contributed by atoms with E-state index in [9.17, 15) is 14.7 Å². The van der Waals surface area contributed by atoms with Gasteiger partial charge in [0.15, 0.2) is 0 Å². The Morgan fingerprint density at radius 3 is 2.74 bits per heavy atom. The van der Waals surface area contributed by atoms with Crippen LogP contribution in [0, 0.1) is 0 Å². The molecule has 8 nitrogen and oxygen atoms in total. The van der Waals surface area contributed by atoms with E-state index in [0.717, 1.165) is 35.0 Å². The van der Waals surface area contributed by atoms with Crippen molar-refractivity contribution < 1.29 is 14.7 Å². The van der Waals surface area contributed by atoms with Crippen molar-refractivity contribution in [1.29, 1.82) is 0 Å². The van der Waals surface area contributed by atoms with Gasteiger partial charge in [0, 0.05) is 48.9 Å². The molecule has 3 aromatic rings. The number of aromatic amines is 1. The van der Waals surface area contributed by atoms with E-state index in [2.05, 4.69) is 27.8 Å². The number of benzene rings is 2. The van der Waals surface area contributed by atoms with Crippen LogP contribution in [0.15, 0.2) is 30.3 Å². The molecule has 1 aromatic heterocycles. The fourth-order valence-electron chi connectivity index (χ4n) is 3.96. The smallest absolute Gasteiger partial charge is 0.258 e. The SMILES string of the molecule is CCCc1[nH]nc2cc(O)c(C(=O)N3Cc4ccc(C(=O)NCCNC)cc4C3)cc12. The Morgan fingerprint density at radius 2 is 1.97 bits per heavy atom. The monoisotopic (exact) mass is 421 g/mol. The summed E-state index contributed by atoms with van der Waals surface area (Å²) in [6.07, 6.45) is 1.77. The van der Waals surface area contributed by atoms with E-state index in [4.69, 9.17) is 0 Å². The molecule has 0 spiro atoms. The van der Waals surface area contributed by atoms with Crippen molar-refractivity contribution >= 4 is 22.7 Å². The highest BCUT2D eigenvalue weighted by atomic mass is 16.3. The van der Waals surface area contributed by atoms with Gasteiger partial charge in [-0.2, -0.15) is 5.10 Å². The summed E-state index contributed by atoms with van der Waals surface area (Å²) in [6.45, 7) is 4.17. The molecule has 2 heterocycles. The van der Waals surface area contributed by atoms with Crippen LogP contribution in [-0.2, 0) is 19.5 Å². The maximum Gasteiger partial charge on any atom is 0.258 e. The van der Waals surface area contributed by atoms with E-state index in [-0.39, 0.29) is 23.1 Å². The summed E-state index contributed by atoms with van der Waals surface area (Å²) in [5.74, 6) is -0.443. The molecule has 1 aliphatic rings. The Kier molecular flexibility index (Phi) is 5.90. The number of nitrogens with one attached hydrogen (secondary N) is 3. The molecular weight excluding hydrogens is 394 g/mol. The molecule has 0 atom stereocenters. The van der Waals surface area contributed by atoms with Crippen LogP contribution in [0.4, 0.5) is 0 Å². The van der Waals surface area contributed by atoms with Crippen molar-refractivity contribution in [3.8, 4) is 5.75 Å². The number of hydrogen-bond donors (Lipinski definition) is 4. The number of nitrogens with zero attached hydrogens (tertiary/aromatic N) is 2. The zero-order valence-electron chi connectivity index (χ0n) is 17.8. The van der Waals surface area contributed by atoms with Crippen LogP contribution in [0.3, 0.4) is 0 Å². The molecular formula is C23H27N5O3. The lowest BCUT2D eigenvalue weighted by atomic mass is 10.1. The van der Waals surface area contributed by atoms with Gasteiger partial charge in [0.05, 0.1) is 11.1 Å². The average molecular weight is 422 g/mol. The Labute approximate surface area is 180 Å². The predicted molar refractivity (Wildman–Crippen MR) is 118 cm³/mol. The van der Waals surface area contributed by atoms with Gasteiger partial charge in [0.1, 0.15) is 5.75 Å². The number of hydrogen-bond acceptors (Lipinski definition) is 5. The Balaban J connectivity index is 1.54. The van der Waals surface area contributed by atoms with Gasteiger partial charge in [-0.05, 0) is 42.8 Å². The van der Waals surface area contributed by atoms with Crippen LogP contribution >= 0.6 is 0 Å². The zero-order chi connectivity index (χ0) is 22.0. The number of phenolic OH excluding ortho intramolecular Hbond substituents is 1. The van der Waals surface area contributed by atoms with Gasteiger partial charge in [-0.15, -0.1) is 0 Å². The number of rotatable bonds is 7. The average Bonchev–Trinajstić information content (AvgIpc) is 3.36. The molecule has 0 aliphatic carbocycles. The number of likely N-dealkylation sites (N-methyl/N-ethyl adjacent to an activating group) is 1. The van der Waals surface area contributed by atoms with Gasteiger partial charge < -0.3 is 20.6 Å². The fraction of sp³-hybridized carbons (Fsp3) is 0.348. The topological polar surface area (TPSA) is 110 Å². The third kappa shape index (κ3) is 4.11. The van der Waals surface area contributed by atoms with E-state index in [1.807, 2.05) is 19.2 Å². The summed E-state index contributed by atoms with van der Waals surface area (Å²) in [6, 6.07) is 8.79. The van der Waals surface area contributed by atoms with Crippen LogP contribution < -0.4 is 10.6 Å². The summed E-state index contributed by atoms with van der Waals surface area (Å²) in [5.41, 5.74) is 4.42. The molecule has 0 saturated heterocycles. The summed E-state index contributed by atoms with van der Waals surface area (Å²) in [4.78, 5) is 27.2. The van der Waals surface area contributed by atoms with E-state index >= 15 is 0 Å². The highest BCUT2D eigenvalue weighted by molar-refractivity contribution is 6.01. The molecule has 4 rings (SSSR count). The van der Waals surface area contributed by atoms with E-state index in [0.29, 0.717) is 37.3 Å². The van der Waals surface area contributed by atoms with E-state index < -0.39 is 0 Å². The Morgan fingerprint density at radius 1 is 1.16 bits per heavy atom. The zero-order valence-corrected chi connectivity index (χ0v) is 17.8. The summed E-state index contributed by atoms with van der Waals surface area (Å²) < 4.78 is 0. The molecule has 4 N–H and O–H groups in total. The quantitative estimate of drug-likeness (QED) is 0.438. The highest BCUT2D eigenvalue weighted by Crippen LogP contribution is 2.31. The van der Waals surface area contributed by atoms with Crippen LogP contribution in [0.5, 0.6) is 5.75 Å². The molecule has 0 fully saturated rings. The van der Waals surface area contributed by atoms with Gasteiger partial charge in [0.2, 0.25) is 0 Å². The predicted octanol–water partition coefficient (Wildman–Crippen LogP) is 2.33. The minimum atomic E-state index is -0.237. The van der Waals surface area contributed by atoms with Gasteiger partial charge in [0.25, 0.3) is 11.8 Å². The minimum Gasteiger partial charge on any atom is -0.507 e. The second-order valence-electron chi connectivity index (χ2n) is 7.84. The summed E-state index contributed by atoms with van der Waals surface area (Å²) >= 11 is 0. The molecule has 0 radical (unpaired) electrons. The summed E-state index contributed by atoms with van der Waals surface area (Å²) in [5, 5.41) is 24.4. The van der Waals surface area contributed by atoms with Crippen LogP contribution in [0.25, 0.3) is 10.9 Å². The summed E-state index contributed by atoms with van der Waals surface area (Å²) in [7, 11) is 1.83. The first-order valence-electron chi connectivity index (χ1n) is 10.6. The van der Waals surface area contributed by atoms with Crippen LogP contribution in [0.1, 0.15) is 50.9 Å². The van der Waals surface area contributed by atoms with Gasteiger partial charge in [-0.3, -0.25) is 14.7 Å². The van der Waals surface area contributed by atoms with Crippen molar-refractivity contribution in [2.75, 3.05) is 20.1 Å². The molecule has 0 unspecified atom stereocenters. The fourth-order valence-corrected chi connectivity index (χ4v) is 3.96. The molecule has 0 bridgehead atoms. The molecule has 2 aromatic carbocycles. The number of carbonyl (C=O) groups is 2. The lowest BCUT2D eigenvalue weighted by Gasteiger charge is -2.16. The number of carbonyl (C=O) groups excluding carboxylic acids is 2. The first kappa shape index (κ1) is 20.9. The van der Waals surface area contributed by atoms with E-state index in [1.165, 1.54) is 6.07 Å². The van der Waals surface area contributed by atoms with Crippen molar-refractivity contribution in [2.24, 2.45) is 0 Å². The normalized spacial score (nSPS) is 12.9. The maximum atomic E-state index is 13.2. The van der Waals surface area contributed by atoms with Gasteiger partial charge in [-0.1, -0.05) is 19.4 Å². The van der Waals surface area contributed by atoms with Crippen LogP contribution in [-0.4, -0.2) is 52.2 Å². The highest BCUT2D eigenvalue weighted by Gasteiger charge is 2.27. The first-order valence-corrected chi connectivity index (χ1v) is 10.6. The third-order valence-electron chi connectivity index (χ3n) is 5.62. The number of aryl methyl sites for hydroxylation is 1. The lowest BCUT2D eigenvalue weighted by molar-refractivity contribution is 0.0748. The number of phenols is 1. The number of aromatic nitrogens is 2. The Bertz CT molecular complexity index is 1140. The van der Waals surface area contributed by atoms with Gasteiger partial charge in [-0.25, -0.2) is 0 Å². The maximum absolute atomic E-state index is 13.2. The molecule has 2 amide bonds. The molecule has 162 valence electrons. The van der Waals surface area contributed by atoms with Crippen molar-refractivity contribution in [2.45, 2.75) is 32.9 Å². The number of amides is 2. The van der Waals surface area contributed by atoms with Gasteiger partial charge >= 0.3 is 0 Å². The standard InChI is InChI=1S/C23H27N5O3/c1-3-4-19-17-10-18(21(29)11-20(17)27-26-19)23(31)28-12-15-6-5-14(9-16(15)13-28)22(30)25-8-7-24-2/h5-6,9-11,24,29H,3-4,7-8,12-13H2,1-2H3,(H,25,30)(H,26,27). The minimum absolute atomic E-state index is 0.0763. The second-order valence-corrected chi connectivity index (χ2v) is 7.84. The second kappa shape index (κ2) is 8.77. The lowest BCUT2D eigenvalue weighted by Crippen LogP contribution is -2.30. The molecule has 31 heavy (non-hydrogen) atoms. The molecule has 8 heteroatoms.